The highest BCUT2D eigenvalue weighted by molar-refractivity contribution is 7.18. The highest BCUT2D eigenvalue weighted by Gasteiger charge is 2.21. The zero-order valence-electron chi connectivity index (χ0n) is 11.6. The van der Waals surface area contributed by atoms with E-state index >= 15 is 0 Å². The number of aromatic nitrogens is 1. The van der Waals surface area contributed by atoms with Crippen molar-refractivity contribution in [3.63, 3.8) is 0 Å². The third kappa shape index (κ3) is 4.36. The Morgan fingerprint density at radius 1 is 1.53 bits per heavy atom. The summed E-state index contributed by atoms with van der Waals surface area (Å²) in [6.45, 7) is 6.84. The Balaban J connectivity index is 2.87. The summed E-state index contributed by atoms with van der Waals surface area (Å²) in [6, 6.07) is 0.234. The quantitative estimate of drug-likeness (QED) is 0.704. The molecule has 6 nitrogen and oxygen atoms in total. The number of aliphatic hydroxyl groups is 1. The van der Waals surface area contributed by atoms with Crippen molar-refractivity contribution in [1.29, 1.82) is 0 Å². The van der Waals surface area contributed by atoms with Crippen molar-refractivity contribution < 1.29 is 9.90 Å². The van der Waals surface area contributed by atoms with Crippen molar-refractivity contribution in [3.05, 3.63) is 4.88 Å². The minimum Gasteiger partial charge on any atom is -0.395 e. The lowest BCUT2D eigenvalue weighted by Crippen LogP contribution is -2.34. The molecule has 1 aromatic heterocycles. The van der Waals surface area contributed by atoms with Gasteiger partial charge in [-0.3, -0.25) is 4.79 Å². The number of nitrogens with one attached hydrogen (secondary N) is 1. The lowest BCUT2D eigenvalue weighted by atomic mass is 10.3. The van der Waals surface area contributed by atoms with E-state index in [2.05, 4.69) is 10.3 Å². The molecule has 0 aromatic carbocycles. The fourth-order valence-electron chi connectivity index (χ4n) is 1.64. The van der Waals surface area contributed by atoms with Crippen molar-refractivity contribution in [2.24, 2.45) is 0 Å². The first-order valence-corrected chi connectivity index (χ1v) is 7.24. The van der Waals surface area contributed by atoms with E-state index in [-0.39, 0.29) is 24.4 Å². The molecule has 0 saturated heterocycles. The first-order valence-electron chi connectivity index (χ1n) is 6.42. The second-order valence-electron chi connectivity index (χ2n) is 4.55. The maximum absolute atomic E-state index is 12.3. The molecule has 0 radical (unpaired) electrons. The number of rotatable bonds is 7. The van der Waals surface area contributed by atoms with Gasteiger partial charge in [0.1, 0.15) is 10.7 Å². The number of aliphatic hydroxyl groups excluding tert-OH is 1. The molecule has 4 N–H and O–H groups in total. The van der Waals surface area contributed by atoms with Gasteiger partial charge in [-0.1, -0.05) is 18.3 Å². The summed E-state index contributed by atoms with van der Waals surface area (Å²) in [5.41, 5.74) is 5.80. The Labute approximate surface area is 117 Å². The van der Waals surface area contributed by atoms with Gasteiger partial charge in [-0.05, 0) is 20.3 Å². The first-order chi connectivity index (χ1) is 8.99. The molecular formula is C12H22N4O2S. The average Bonchev–Trinajstić information content (AvgIpc) is 2.68. The molecule has 1 aromatic rings. The van der Waals surface area contributed by atoms with Crippen molar-refractivity contribution >= 4 is 28.2 Å². The Morgan fingerprint density at radius 2 is 2.21 bits per heavy atom. The Bertz CT molecular complexity index is 414. The minimum atomic E-state index is -0.164. The van der Waals surface area contributed by atoms with Crippen LogP contribution in [0.25, 0.3) is 0 Å². The van der Waals surface area contributed by atoms with Crippen LogP contribution in [0.15, 0.2) is 0 Å². The molecule has 108 valence electrons. The van der Waals surface area contributed by atoms with Gasteiger partial charge < -0.3 is 21.1 Å². The van der Waals surface area contributed by atoms with E-state index in [0.29, 0.717) is 23.1 Å². The number of carbonyl (C=O) groups excluding carboxylic acids is 1. The lowest BCUT2D eigenvalue weighted by molar-refractivity contribution is 0.0727. The first kappa shape index (κ1) is 15.7. The van der Waals surface area contributed by atoms with Crippen LogP contribution in [-0.4, -0.2) is 46.6 Å². The standard InChI is InChI=1S/C12H22N4O2S/c1-4-5-16(6-7-17)11(18)9-10(13)15-12(19-9)14-8(2)3/h8,17H,4-7,13H2,1-3H3,(H,14,15). The smallest absolute Gasteiger partial charge is 0.267 e. The van der Waals surface area contributed by atoms with Crippen LogP contribution in [0.1, 0.15) is 36.9 Å². The predicted molar refractivity (Wildman–Crippen MR) is 78.6 cm³/mol. The van der Waals surface area contributed by atoms with Crippen LogP contribution in [0.5, 0.6) is 0 Å². The maximum Gasteiger partial charge on any atom is 0.267 e. The number of hydrogen-bond acceptors (Lipinski definition) is 6. The summed E-state index contributed by atoms with van der Waals surface area (Å²) in [5.74, 6) is 0.0832. The molecule has 0 atom stereocenters. The monoisotopic (exact) mass is 286 g/mol. The molecule has 19 heavy (non-hydrogen) atoms. The van der Waals surface area contributed by atoms with Crippen LogP contribution in [0, 0.1) is 0 Å². The highest BCUT2D eigenvalue weighted by atomic mass is 32.1. The fourth-order valence-corrected chi connectivity index (χ4v) is 2.64. The van der Waals surface area contributed by atoms with Gasteiger partial charge in [0.15, 0.2) is 5.13 Å². The third-order valence-corrected chi connectivity index (χ3v) is 3.40. The summed E-state index contributed by atoms with van der Waals surface area (Å²) < 4.78 is 0. The van der Waals surface area contributed by atoms with E-state index in [4.69, 9.17) is 10.8 Å². The zero-order chi connectivity index (χ0) is 14.4. The molecule has 0 bridgehead atoms. The van der Waals surface area contributed by atoms with E-state index in [1.54, 1.807) is 4.90 Å². The van der Waals surface area contributed by atoms with Gasteiger partial charge in [0.05, 0.1) is 6.61 Å². The number of nitrogens with zero attached hydrogens (tertiary/aromatic N) is 2. The normalized spacial score (nSPS) is 10.8. The topological polar surface area (TPSA) is 91.5 Å². The third-order valence-electron chi connectivity index (χ3n) is 2.41. The van der Waals surface area contributed by atoms with Crippen LogP contribution >= 0.6 is 11.3 Å². The van der Waals surface area contributed by atoms with E-state index in [0.717, 1.165) is 6.42 Å². The number of nitrogens with two attached hydrogens (primary N) is 1. The molecule has 0 saturated carbocycles. The van der Waals surface area contributed by atoms with Crippen molar-refractivity contribution in [1.82, 2.24) is 9.88 Å². The summed E-state index contributed by atoms with van der Waals surface area (Å²) >= 11 is 1.26. The Kier molecular flexibility index (Phi) is 6.04. The van der Waals surface area contributed by atoms with E-state index in [9.17, 15) is 4.79 Å². The van der Waals surface area contributed by atoms with Crippen LogP contribution in [0.3, 0.4) is 0 Å². The van der Waals surface area contributed by atoms with E-state index < -0.39 is 0 Å². The van der Waals surface area contributed by atoms with Crippen molar-refractivity contribution in [2.45, 2.75) is 33.2 Å². The van der Waals surface area contributed by atoms with E-state index in [1.165, 1.54) is 11.3 Å². The molecule has 1 heterocycles. The summed E-state index contributed by atoms with van der Waals surface area (Å²) in [4.78, 5) is 18.5. The number of thiazole rings is 1. The van der Waals surface area contributed by atoms with Crippen molar-refractivity contribution in [2.75, 3.05) is 30.7 Å². The molecular weight excluding hydrogens is 264 g/mol. The fraction of sp³-hybridized carbons (Fsp3) is 0.667. The van der Waals surface area contributed by atoms with E-state index in [1.807, 2.05) is 20.8 Å². The lowest BCUT2D eigenvalue weighted by Gasteiger charge is -2.20. The average molecular weight is 286 g/mol. The Morgan fingerprint density at radius 3 is 2.74 bits per heavy atom. The number of anilines is 2. The molecule has 0 spiro atoms. The summed E-state index contributed by atoms with van der Waals surface area (Å²) in [6.07, 6.45) is 0.835. The van der Waals surface area contributed by atoms with Gasteiger partial charge in [-0.2, -0.15) is 0 Å². The number of hydrogen-bond donors (Lipinski definition) is 3. The molecule has 1 rings (SSSR count). The molecule has 1 amide bonds. The molecule has 0 unspecified atom stereocenters. The SMILES string of the molecule is CCCN(CCO)C(=O)c1sc(NC(C)C)nc1N. The zero-order valence-corrected chi connectivity index (χ0v) is 12.5. The minimum absolute atomic E-state index is 0.0540. The summed E-state index contributed by atoms with van der Waals surface area (Å²) in [7, 11) is 0. The van der Waals surface area contributed by atoms with Gasteiger partial charge in [0, 0.05) is 19.1 Å². The van der Waals surface area contributed by atoms with Crippen LogP contribution < -0.4 is 11.1 Å². The van der Waals surface area contributed by atoms with Gasteiger partial charge in [0.25, 0.3) is 5.91 Å². The molecule has 7 heteroatoms. The van der Waals surface area contributed by atoms with Gasteiger partial charge in [-0.25, -0.2) is 4.98 Å². The number of carbonyl (C=O) groups is 1. The van der Waals surface area contributed by atoms with Gasteiger partial charge in [-0.15, -0.1) is 0 Å². The largest absolute Gasteiger partial charge is 0.395 e. The molecule has 0 fully saturated rings. The van der Waals surface area contributed by atoms with Crippen LogP contribution in [0.2, 0.25) is 0 Å². The molecule has 0 aliphatic carbocycles. The number of nitrogen functional groups attached to an aromatic ring is 1. The second kappa shape index (κ2) is 7.30. The Hall–Kier alpha value is -1.34. The van der Waals surface area contributed by atoms with Gasteiger partial charge >= 0.3 is 0 Å². The molecule has 0 aliphatic heterocycles. The van der Waals surface area contributed by atoms with Gasteiger partial charge in [0.2, 0.25) is 0 Å². The van der Waals surface area contributed by atoms with Crippen LogP contribution in [0.4, 0.5) is 10.9 Å². The molecule has 0 aliphatic rings. The van der Waals surface area contributed by atoms with Crippen LogP contribution in [-0.2, 0) is 0 Å². The summed E-state index contributed by atoms with van der Waals surface area (Å²) in [5, 5.41) is 12.8. The second-order valence-corrected chi connectivity index (χ2v) is 5.55. The maximum atomic E-state index is 12.3. The number of amides is 1. The van der Waals surface area contributed by atoms with Crippen molar-refractivity contribution in [3.8, 4) is 0 Å². The predicted octanol–water partition coefficient (Wildman–Crippen LogP) is 1.39. The highest BCUT2D eigenvalue weighted by Crippen LogP contribution is 2.26.